The number of aliphatic hydroxyl groups is 1. The van der Waals surface area contributed by atoms with Crippen molar-refractivity contribution in [2.45, 2.75) is 107 Å². The van der Waals surface area contributed by atoms with Crippen LogP contribution in [0.5, 0.6) is 5.75 Å². The molecule has 2 saturated carbocycles. The lowest BCUT2D eigenvalue weighted by Crippen LogP contribution is -2.47. The van der Waals surface area contributed by atoms with Crippen LogP contribution in [-0.4, -0.2) is 46.1 Å². The van der Waals surface area contributed by atoms with Crippen LogP contribution in [-0.2, 0) is 12.6 Å². The highest BCUT2D eigenvalue weighted by Gasteiger charge is 2.57. The second-order valence-electron chi connectivity index (χ2n) is 13.8. The highest BCUT2D eigenvalue weighted by Crippen LogP contribution is 2.63. The van der Waals surface area contributed by atoms with Gasteiger partial charge in [-0.25, -0.2) is 0 Å². The Morgan fingerprint density at radius 2 is 1.81 bits per heavy atom. The molecule has 230 valence electrons. The second kappa shape index (κ2) is 12.4. The zero-order chi connectivity index (χ0) is 29.5. The number of unbranched alkanes of at least 4 members (excludes halogenated alkanes) is 2. The van der Waals surface area contributed by atoms with Crippen LogP contribution in [0.15, 0.2) is 47.4 Å². The van der Waals surface area contributed by atoms with E-state index in [0.29, 0.717) is 35.5 Å². The van der Waals surface area contributed by atoms with Crippen molar-refractivity contribution < 1.29 is 23.4 Å². The third-order valence-electron chi connectivity index (χ3n) is 11.4. The van der Waals surface area contributed by atoms with Gasteiger partial charge in [0.05, 0.1) is 11.7 Å². The van der Waals surface area contributed by atoms with E-state index in [1.54, 1.807) is 23.9 Å². The van der Waals surface area contributed by atoms with E-state index in [2.05, 4.69) is 17.9 Å². The number of likely N-dealkylation sites (tertiary alicyclic amines) is 1. The molecule has 2 aromatic carbocycles. The van der Waals surface area contributed by atoms with Gasteiger partial charge in [-0.2, -0.15) is 13.2 Å². The lowest BCUT2D eigenvalue weighted by atomic mass is 9.51. The SMILES string of the molecule is C[C@]12C[C@H](CCCCCN3CCC[C@H]3CSc3ccc(C(F)(F)F)cc3)[C@@H]3c4ccc(O)cc4CC[C@H]3[C@@H]1CC[C@@H]2O. The van der Waals surface area contributed by atoms with Gasteiger partial charge in [-0.3, -0.25) is 4.90 Å². The molecule has 6 rings (SSSR count). The van der Waals surface area contributed by atoms with Crippen molar-refractivity contribution in [1.29, 1.82) is 0 Å². The summed E-state index contributed by atoms with van der Waals surface area (Å²) in [6.07, 6.45) is 8.07. The average Bonchev–Trinajstić information content (AvgIpc) is 3.54. The van der Waals surface area contributed by atoms with Gasteiger partial charge >= 0.3 is 6.18 Å². The minimum atomic E-state index is -4.28. The Kier molecular flexibility index (Phi) is 8.92. The molecule has 2 aromatic rings. The Balaban J connectivity index is 1.02. The average molecular weight is 602 g/mol. The maximum atomic E-state index is 12.9. The highest BCUT2D eigenvalue weighted by atomic mass is 32.2. The molecule has 3 fully saturated rings. The molecule has 1 heterocycles. The molecular formula is C35H46F3NO2S. The molecular weight excluding hydrogens is 555 g/mol. The Morgan fingerprint density at radius 3 is 2.60 bits per heavy atom. The molecule has 0 spiro atoms. The number of aromatic hydroxyl groups is 1. The van der Waals surface area contributed by atoms with E-state index in [9.17, 15) is 23.4 Å². The first-order chi connectivity index (χ1) is 20.1. The molecule has 0 radical (unpaired) electrons. The second-order valence-corrected chi connectivity index (χ2v) is 14.9. The minimum absolute atomic E-state index is 0.0355. The van der Waals surface area contributed by atoms with Gasteiger partial charge in [-0.15, -0.1) is 11.8 Å². The van der Waals surface area contributed by atoms with Gasteiger partial charge in [-0.1, -0.05) is 25.8 Å². The molecule has 42 heavy (non-hydrogen) atoms. The minimum Gasteiger partial charge on any atom is -0.508 e. The van der Waals surface area contributed by atoms with Crippen molar-refractivity contribution in [3.05, 3.63) is 59.2 Å². The maximum Gasteiger partial charge on any atom is 0.416 e. The van der Waals surface area contributed by atoms with Crippen molar-refractivity contribution in [2.24, 2.45) is 23.2 Å². The summed E-state index contributed by atoms with van der Waals surface area (Å²) in [5.74, 6) is 3.65. The number of phenolic OH excluding ortho intramolecular Hbond substituents is 1. The van der Waals surface area contributed by atoms with Crippen LogP contribution in [0.2, 0.25) is 0 Å². The zero-order valence-corrected chi connectivity index (χ0v) is 25.6. The van der Waals surface area contributed by atoms with Crippen LogP contribution in [0.1, 0.15) is 93.7 Å². The number of nitrogens with zero attached hydrogens (tertiary/aromatic N) is 1. The normalized spacial score (nSPS) is 32.9. The molecule has 7 atom stereocenters. The third-order valence-corrected chi connectivity index (χ3v) is 12.6. The molecule has 0 bridgehead atoms. The smallest absolute Gasteiger partial charge is 0.416 e. The number of hydrogen-bond acceptors (Lipinski definition) is 4. The molecule has 3 nitrogen and oxygen atoms in total. The lowest BCUT2D eigenvalue weighted by molar-refractivity contribution is -0.137. The van der Waals surface area contributed by atoms with E-state index in [-0.39, 0.29) is 11.5 Å². The van der Waals surface area contributed by atoms with E-state index in [1.165, 1.54) is 61.8 Å². The molecule has 1 saturated heterocycles. The molecule has 0 unspecified atom stereocenters. The molecule has 1 aliphatic heterocycles. The van der Waals surface area contributed by atoms with E-state index in [1.807, 2.05) is 12.1 Å². The van der Waals surface area contributed by atoms with Crippen LogP contribution in [0.4, 0.5) is 13.2 Å². The molecule has 0 aromatic heterocycles. The van der Waals surface area contributed by atoms with Crippen molar-refractivity contribution in [3.8, 4) is 5.75 Å². The molecule has 0 amide bonds. The molecule has 7 heteroatoms. The summed E-state index contributed by atoms with van der Waals surface area (Å²) >= 11 is 1.67. The number of benzene rings is 2. The van der Waals surface area contributed by atoms with Gasteiger partial charge in [-0.05, 0) is 147 Å². The fraction of sp³-hybridized carbons (Fsp3) is 0.657. The van der Waals surface area contributed by atoms with Crippen molar-refractivity contribution in [1.82, 2.24) is 4.90 Å². The summed E-state index contributed by atoms with van der Waals surface area (Å²) in [6, 6.07) is 12.1. The Morgan fingerprint density at radius 1 is 1.00 bits per heavy atom. The van der Waals surface area contributed by atoms with Gasteiger partial charge < -0.3 is 10.2 Å². The van der Waals surface area contributed by atoms with E-state index in [0.717, 1.165) is 55.8 Å². The highest BCUT2D eigenvalue weighted by molar-refractivity contribution is 7.99. The van der Waals surface area contributed by atoms with Crippen LogP contribution in [0.3, 0.4) is 0 Å². The van der Waals surface area contributed by atoms with E-state index >= 15 is 0 Å². The Hall–Kier alpha value is -1.70. The number of halogens is 3. The fourth-order valence-electron chi connectivity index (χ4n) is 9.34. The Bertz CT molecular complexity index is 1220. The number of aryl methyl sites for hydroxylation is 1. The number of rotatable bonds is 9. The number of aliphatic hydroxyl groups excluding tert-OH is 1. The van der Waals surface area contributed by atoms with Gasteiger partial charge in [0.1, 0.15) is 5.75 Å². The number of alkyl halides is 3. The predicted molar refractivity (Wildman–Crippen MR) is 163 cm³/mol. The predicted octanol–water partition coefficient (Wildman–Crippen LogP) is 8.67. The summed E-state index contributed by atoms with van der Waals surface area (Å²) in [6.45, 7) is 4.57. The molecule has 4 aliphatic rings. The Labute approximate surface area is 253 Å². The first kappa shape index (κ1) is 30.3. The zero-order valence-electron chi connectivity index (χ0n) is 24.8. The van der Waals surface area contributed by atoms with Crippen LogP contribution in [0, 0.1) is 23.2 Å². The topological polar surface area (TPSA) is 43.7 Å². The van der Waals surface area contributed by atoms with Gasteiger partial charge in [0, 0.05) is 16.7 Å². The van der Waals surface area contributed by atoms with Crippen molar-refractivity contribution >= 4 is 11.8 Å². The van der Waals surface area contributed by atoms with Crippen molar-refractivity contribution in [3.63, 3.8) is 0 Å². The summed E-state index contributed by atoms with van der Waals surface area (Å²) in [7, 11) is 0. The standard InChI is InChI=1S/C35H46F3NO2S/c1-34-21-24(33-29-15-11-27(40)20-23(29)8-14-30(33)31(34)16-17-32(34)41)6-3-2-4-18-39-19-5-7-26(39)22-42-28-12-9-25(10-13-28)35(36,37)38/h9-13,15,20,24,26,30-33,40-41H,2-8,14,16-19,21-22H2,1H3/t24-,26-,30-,31-,32-,33+,34-/m0/s1. The van der Waals surface area contributed by atoms with E-state index in [4.69, 9.17) is 0 Å². The largest absolute Gasteiger partial charge is 0.508 e. The van der Waals surface area contributed by atoms with Gasteiger partial charge in [0.25, 0.3) is 0 Å². The van der Waals surface area contributed by atoms with Gasteiger partial charge in [0.2, 0.25) is 0 Å². The summed E-state index contributed by atoms with van der Waals surface area (Å²) in [4.78, 5) is 3.50. The lowest BCUT2D eigenvalue weighted by Gasteiger charge is -2.54. The first-order valence-corrected chi connectivity index (χ1v) is 17.2. The first-order valence-electron chi connectivity index (χ1n) is 16.2. The van der Waals surface area contributed by atoms with Crippen LogP contribution < -0.4 is 0 Å². The molecule has 2 N–H and O–H groups in total. The monoisotopic (exact) mass is 601 g/mol. The molecule has 3 aliphatic carbocycles. The maximum absolute atomic E-state index is 12.9. The van der Waals surface area contributed by atoms with Crippen LogP contribution in [0.25, 0.3) is 0 Å². The van der Waals surface area contributed by atoms with Crippen LogP contribution >= 0.6 is 11.8 Å². The van der Waals surface area contributed by atoms with E-state index < -0.39 is 11.7 Å². The quantitative estimate of drug-likeness (QED) is 0.223. The number of thioether (sulfide) groups is 1. The third kappa shape index (κ3) is 6.12. The summed E-state index contributed by atoms with van der Waals surface area (Å²) in [5.41, 5.74) is 2.24. The summed E-state index contributed by atoms with van der Waals surface area (Å²) in [5, 5.41) is 21.2. The van der Waals surface area contributed by atoms with Gasteiger partial charge in [0.15, 0.2) is 0 Å². The number of phenols is 1. The fourth-order valence-corrected chi connectivity index (χ4v) is 10.4. The van der Waals surface area contributed by atoms with Crippen molar-refractivity contribution in [2.75, 3.05) is 18.8 Å². The summed E-state index contributed by atoms with van der Waals surface area (Å²) < 4.78 is 38.6. The number of fused-ring (bicyclic) bond motifs is 5. The number of hydrogen-bond donors (Lipinski definition) is 2.